The average molecular weight is 452 g/mol. The van der Waals surface area contributed by atoms with Gasteiger partial charge in [-0.1, -0.05) is 64.8 Å². The van der Waals surface area contributed by atoms with Crippen molar-refractivity contribution < 1.29 is 19.1 Å². The van der Waals surface area contributed by atoms with E-state index < -0.39 is 30.0 Å². The van der Waals surface area contributed by atoms with Crippen molar-refractivity contribution in [1.82, 2.24) is 10.2 Å². The van der Waals surface area contributed by atoms with Gasteiger partial charge in [-0.25, -0.2) is 9.59 Å². The Bertz CT molecular complexity index is 906. The first kappa shape index (κ1) is 19.4. The van der Waals surface area contributed by atoms with Gasteiger partial charge >= 0.3 is 12.0 Å². The van der Waals surface area contributed by atoms with Crippen LogP contribution in [0.4, 0.5) is 4.79 Å². The molecule has 140 valence electrons. The molecule has 0 aliphatic carbocycles. The number of rotatable bonds is 5. The summed E-state index contributed by atoms with van der Waals surface area (Å²) in [6, 6.07) is 13.1. The molecule has 1 atom stereocenters. The van der Waals surface area contributed by atoms with Gasteiger partial charge in [0.2, 0.25) is 0 Å². The third kappa shape index (κ3) is 3.70. The Morgan fingerprint density at radius 1 is 1.22 bits per heavy atom. The number of ether oxygens (including phenoxy) is 1. The number of urea groups is 1. The van der Waals surface area contributed by atoms with Gasteiger partial charge in [-0.15, -0.1) is 0 Å². The maximum absolute atomic E-state index is 13.0. The van der Waals surface area contributed by atoms with E-state index in [-0.39, 0.29) is 10.8 Å². The Hall–Kier alpha value is -2.38. The van der Waals surface area contributed by atoms with Crippen molar-refractivity contribution in [2.24, 2.45) is 0 Å². The fourth-order valence-corrected chi connectivity index (χ4v) is 3.69. The normalized spacial score (nSPS) is 19.1. The fraction of sp³-hybridized carbons (Fsp3) is 0.211. The molecule has 0 bridgehead atoms. The molecular weight excluding hydrogens is 436 g/mol. The van der Waals surface area contributed by atoms with E-state index in [0.717, 1.165) is 9.37 Å². The number of nitrogens with zero attached hydrogens (tertiary/aromatic N) is 1. The molecule has 6 nitrogen and oxygen atoms in total. The van der Waals surface area contributed by atoms with Crippen LogP contribution in [-0.4, -0.2) is 29.4 Å². The molecule has 1 aliphatic heterocycles. The minimum absolute atomic E-state index is 0.154. The van der Waals surface area contributed by atoms with E-state index in [0.29, 0.717) is 12.0 Å². The lowest BCUT2D eigenvalue weighted by molar-refractivity contribution is -0.141. The van der Waals surface area contributed by atoms with Crippen molar-refractivity contribution >= 4 is 45.4 Å². The summed E-state index contributed by atoms with van der Waals surface area (Å²) in [4.78, 5) is 38.5. The highest BCUT2D eigenvalue weighted by Crippen LogP contribution is 2.32. The standard InChI is InChI=1S/C19H16BrClN2O4/c1-2-19(12-6-4-3-5-7-12)17(25)23(18(26)22-19)11-16(24)27-15-9-8-13(20)10-14(15)21/h3-10H,2,11H2,1H3,(H,22,26). The number of esters is 1. The SMILES string of the molecule is CCC1(c2ccccc2)NC(=O)N(CC(=O)Oc2ccc(Br)cc2Cl)C1=O. The number of benzene rings is 2. The fourth-order valence-electron chi connectivity index (χ4n) is 2.97. The van der Waals surface area contributed by atoms with Gasteiger partial charge in [-0.3, -0.25) is 9.69 Å². The first-order valence-electron chi connectivity index (χ1n) is 8.22. The number of hydrogen-bond donors (Lipinski definition) is 1. The molecule has 1 heterocycles. The molecule has 8 heteroatoms. The predicted molar refractivity (Wildman–Crippen MR) is 103 cm³/mol. The number of nitrogens with one attached hydrogen (secondary N) is 1. The highest BCUT2D eigenvalue weighted by Gasteiger charge is 2.51. The van der Waals surface area contributed by atoms with Crippen LogP contribution in [0, 0.1) is 0 Å². The molecule has 1 saturated heterocycles. The van der Waals surface area contributed by atoms with Crippen LogP contribution in [0.5, 0.6) is 5.75 Å². The van der Waals surface area contributed by atoms with E-state index in [1.807, 2.05) is 6.07 Å². The van der Waals surface area contributed by atoms with E-state index in [1.165, 1.54) is 6.07 Å². The first-order valence-corrected chi connectivity index (χ1v) is 9.40. The van der Waals surface area contributed by atoms with E-state index in [1.54, 1.807) is 43.3 Å². The Labute approximate surface area is 169 Å². The summed E-state index contributed by atoms with van der Waals surface area (Å²) < 4.78 is 5.93. The van der Waals surface area contributed by atoms with Crippen molar-refractivity contribution in [3.8, 4) is 5.75 Å². The van der Waals surface area contributed by atoms with Crippen LogP contribution in [0.25, 0.3) is 0 Å². The van der Waals surface area contributed by atoms with Crippen LogP contribution in [0.2, 0.25) is 5.02 Å². The van der Waals surface area contributed by atoms with E-state index in [9.17, 15) is 14.4 Å². The number of hydrogen-bond acceptors (Lipinski definition) is 4. The predicted octanol–water partition coefficient (Wildman–Crippen LogP) is 3.87. The topological polar surface area (TPSA) is 75.7 Å². The summed E-state index contributed by atoms with van der Waals surface area (Å²) in [5, 5.41) is 2.96. The Morgan fingerprint density at radius 3 is 2.56 bits per heavy atom. The highest BCUT2D eigenvalue weighted by molar-refractivity contribution is 9.10. The minimum Gasteiger partial charge on any atom is -0.424 e. The molecule has 1 N–H and O–H groups in total. The monoisotopic (exact) mass is 450 g/mol. The van der Waals surface area contributed by atoms with E-state index in [4.69, 9.17) is 16.3 Å². The van der Waals surface area contributed by atoms with Crippen LogP contribution in [-0.2, 0) is 15.1 Å². The van der Waals surface area contributed by atoms with Gasteiger partial charge in [-0.2, -0.15) is 0 Å². The lowest BCUT2D eigenvalue weighted by Crippen LogP contribution is -2.44. The molecule has 3 rings (SSSR count). The molecule has 27 heavy (non-hydrogen) atoms. The number of amides is 3. The van der Waals surface area contributed by atoms with Gasteiger partial charge in [0, 0.05) is 4.47 Å². The summed E-state index contributed by atoms with van der Waals surface area (Å²) in [5.41, 5.74) is -0.522. The molecule has 1 fully saturated rings. The molecule has 3 amide bonds. The Kier molecular flexibility index (Phi) is 5.53. The van der Waals surface area contributed by atoms with Crippen molar-refractivity contribution in [3.63, 3.8) is 0 Å². The molecule has 2 aromatic rings. The Balaban J connectivity index is 1.78. The second-order valence-corrected chi connectivity index (χ2v) is 7.32. The summed E-state index contributed by atoms with van der Waals surface area (Å²) in [7, 11) is 0. The number of imide groups is 1. The van der Waals surface area contributed by atoms with Crippen LogP contribution in [0.15, 0.2) is 53.0 Å². The number of carbonyl (C=O) groups excluding carboxylic acids is 3. The summed E-state index contributed by atoms with van der Waals surface area (Å²) in [6.07, 6.45) is 0.353. The largest absolute Gasteiger partial charge is 0.424 e. The van der Waals surface area contributed by atoms with Gasteiger partial charge in [0.25, 0.3) is 5.91 Å². The van der Waals surface area contributed by atoms with E-state index >= 15 is 0 Å². The van der Waals surface area contributed by atoms with Gasteiger partial charge in [0.1, 0.15) is 17.8 Å². The zero-order valence-electron chi connectivity index (χ0n) is 14.4. The molecule has 0 saturated carbocycles. The van der Waals surface area contributed by atoms with Crippen LogP contribution >= 0.6 is 27.5 Å². The minimum atomic E-state index is -1.19. The van der Waals surface area contributed by atoms with Crippen LogP contribution in [0.1, 0.15) is 18.9 Å². The van der Waals surface area contributed by atoms with Gasteiger partial charge < -0.3 is 10.1 Å². The molecule has 0 aromatic heterocycles. The maximum atomic E-state index is 13.0. The zero-order valence-corrected chi connectivity index (χ0v) is 16.7. The Morgan fingerprint density at radius 2 is 1.93 bits per heavy atom. The second-order valence-electron chi connectivity index (χ2n) is 6.00. The molecule has 0 spiro atoms. The van der Waals surface area contributed by atoms with Gasteiger partial charge in [0.05, 0.1) is 5.02 Å². The second kappa shape index (κ2) is 7.70. The molecule has 1 unspecified atom stereocenters. The third-order valence-corrected chi connectivity index (χ3v) is 5.17. The smallest absolute Gasteiger partial charge is 0.331 e. The van der Waals surface area contributed by atoms with Crippen LogP contribution < -0.4 is 10.1 Å². The molecule has 1 aliphatic rings. The van der Waals surface area contributed by atoms with E-state index in [2.05, 4.69) is 21.2 Å². The van der Waals surface area contributed by atoms with Crippen molar-refractivity contribution in [2.45, 2.75) is 18.9 Å². The van der Waals surface area contributed by atoms with Crippen molar-refractivity contribution in [1.29, 1.82) is 0 Å². The number of halogens is 2. The summed E-state index contributed by atoms with van der Waals surface area (Å²) in [5.74, 6) is -1.09. The summed E-state index contributed by atoms with van der Waals surface area (Å²) >= 11 is 9.29. The summed E-state index contributed by atoms with van der Waals surface area (Å²) in [6.45, 7) is 1.29. The third-order valence-electron chi connectivity index (χ3n) is 4.38. The molecular formula is C19H16BrClN2O4. The highest BCUT2D eigenvalue weighted by atomic mass is 79.9. The van der Waals surface area contributed by atoms with Crippen molar-refractivity contribution in [3.05, 3.63) is 63.6 Å². The van der Waals surface area contributed by atoms with Crippen molar-refractivity contribution in [2.75, 3.05) is 6.54 Å². The number of carbonyl (C=O) groups is 3. The average Bonchev–Trinajstić information content (AvgIpc) is 2.90. The van der Waals surface area contributed by atoms with Gasteiger partial charge in [0.15, 0.2) is 0 Å². The maximum Gasteiger partial charge on any atom is 0.331 e. The quantitative estimate of drug-likeness (QED) is 0.425. The lowest BCUT2D eigenvalue weighted by atomic mass is 9.87. The first-order chi connectivity index (χ1) is 12.9. The zero-order chi connectivity index (χ0) is 19.6. The lowest BCUT2D eigenvalue weighted by Gasteiger charge is -2.25. The van der Waals surface area contributed by atoms with Gasteiger partial charge in [-0.05, 0) is 30.2 Å². The molecule has 0 radical (unpaired) electrons. The van der Waals surface area contributed by atoms with Crippen LogP contribution in [0.3, 0.4) is 0 Å². The molecule has 2 aromatic carbocycles.